The number of para-hydroxylation sites is 1. The van der Waals surface area contributed by atoms with Gasteiger partial charge in [0.25, 0.3) is 0 Å². The van der Waals surface area contributed by atoms with E-state index in [0.29, 0.717) is 5.02 Å². The molecule has 1 aliphatic rings. The van der Waals surface area contributed by atoms with Gasteiger partial charge in [-0.3, -0.25) is 0 Å². The summed E-state index contributed by atoms with van der Waals surface area (Å²) in [6, 6.07) is 12.9. The summed E-state index contributed by atoms with van der Waals surface area (Å²) in [5.41, 5.74) is 2.05. The lowest BCUT2D eigenvalue weighted by atomic mass is 9.79. The van der Waals surface area contributed by atoms with Crippen LogP contribution in [-0.4, -0.2) is 37.2 Å². The third-order valence-electron chi connectivity index (χ3n) is 7.30. The van der Waals surface area contributed by atoms with Crippen LogP contribution in [0.2, 0.25) is 5.02 Å². The Morgan fingerprint density at radius 3 is 2.51 bits per heavy atom. The minimum atomic E-state index is -0.274. The van der Waals surface area contributed by atoms with Crippen molar-refractivity contribution in [3.8, 4) is 0 Å². The summed E-state index contributed by atoms with van der Waals surface area (Å²) in [5, 5.41) is 5.23. The molecule has 3 aromatic rings. The van der Waals surface area contributed by atoms with Gasteiger partial charge in [0.2, 0.25) is 0 Å². The molecule has 4 nitrogen and oxygen atoms in total. The van der Waals surface area contributed by atoms with E-state index in [1.54, 1.807) is 6.07 Å². The maximum Gasteiger partial charge on any atom is 0.139 e. The lowest BCUT2D eigenvalue weighted by Gasteiger charge is -2.28. The molecule has 1 saturated carbocycles. The smallest absolute Gasteiger partial charge is 0.139 e. The summed E-state index contributed by atoms with van der Waals surface area (Å²) in [6.07, 6.45) is 10.8. The Labute approximate surface area is 214 Å². The van der Waals surface area contributed by atoms with Gasteiger partial charge in [-0.2, -0.15) is 0 Å². The predicted molar refractivity (Wildman–Crippen MR) is 145 cm³/mol. The van der Waals surface area contributed by atoms with Gasteiger partial charge in [0, 0.05) is 30.9 Å². The number of rotatable bonds is 11. The van der Waals surface area contributed by atoms with Crippen molar-refractivity contribution in [1.82, 2.24) is 15.3 Å². The monoisotopic (exact) mass is 496 g/mol. The molecule has 1 aliphatic carbocycles. The van der Waals surface area contributed by atoms with Crippen LogP contribution >= 0.6 is 11.6 Å². The van der Waals surface area contributed by atoms with Crippen molar-refractivity contribution in [3.05, 3.63) is 64.7 Å². The summed E-state index contributed by atoms with van der Waals surface area (Å²) in [4.78, 5) is 11.7. The molecule has 0 spiro atoms. The molecule has 6 heteroatoms. The van der Waals surface area contributed by atoms with E-state index in [9.17, 15) is 4.39 Å². The van der Waals surface area contributed by atoms with Gasteiger partial charge in [0.1, 0.15) is 17.5 Å². The van der Waals surface area contributed by atoms with Crippen LogP contribution in [0.25, 0.3) is 10.9 Å². The number of aryl methyl sites for hydroxylation is 1. The summed E-state index contributed by atoms with van der Waals surface area (Å²) < 4.78 is 13.2. The highest BCUT2D eigenvalue weighted by atomic mass is 35.5. The zero-order valence-corrected chi connectivity index (χ0v) is 21.8. The highest BCUT2D eigenvalue weighted by Crippen LogP contribution is 2.32. The average molecular weight is 497 g/mol. The van der Waals surface area contributed by atoms with Crippen LogP contribution in [0.5, 0.6) is 0 Å². The topological polar surface area (TPSA) is 41.1 Å². The number of unbranched alkanes of at least 4 members (excludes halogenated alkanes) is 1. The number of anilines is 1. The van der Waals surface area contributed by atoms with E-state index >= 15 is 0 Å². The molecule has 0 aliphatic heterocycles. The minimum Gasteiger partial charge on any atom is -0.362 e. The number of nitrogens with zero attached hydrogens (tertiary/aromatic N) is 3. The van der Waals surface area contributed by atoms with Crippen LogP contribution in [-0.2, 0) is 12.8 Å². The van der Waals surface area contributed by atoms with E-state index in [1.807, 2.05) is 26.2 Å². The molecular weight excluding hydrogens is 459 g/mol. The van der Waals surface area contributed by atoms with E-state index < -0.39 is 0 Å². The number of benzene rings is 2. The Kier molecular flexibility index (Phi) is 9.33. The molecule has 0 amide bonds. The lowest BCUT2D eigenvalue weighted by molar-refractivity contribution is 0.253. The maximum atomic E-state index is 13.2. The minimum absolute atomic E-state index is 0.274. The van der Waals surface area contributed by atoms with Crippen LogP contribution in [0.4, 0.5) is 10.2 Å². The van der Waals surface area contributed by atoms with Gasteiger partial charge in [0.15, 0.2) is 0 Å². The fourth-order valence-electron chi connectivity index (χ4n) is 5.25. The molecule has 35 heavy (non-hydrogen) atoms. The van der Waals surface area contributed by atoms with Crippen LogP contribution in [0.15, 0.2) is 42.5 Å². The first-order valence-corrected chi connectivity index (χ1v) is 13.4. The van der Waals surface area contributed by atoms with Gasteiger partial charge in [-0.1, -0.05) is 55.5 Å². The van der Waals surface area contributed by atoms with Crippen molar-refractivity contribution in [2.75, 3.05) is 32.1 Å². The SMILES string of the molecule is CN(C)c1nc(CCCCC2CCC(CNCCc3ccc(F)cc3Cl)CC2)nc2ccccc12. The maximum absolute atomic E-state index is 13.2. The quantitative estimate of drug-likeness (QED) is 0.295. The first-order valence-electron chi connectivity index (χ1n) is 13.1. The Hall–Kier alpha value is -2.24. The number of hydrogen-bond donors (Lipinski definition) is 1. The molecule has 4 rings (SSSR count). The van der Waals surface area contributed by atoms with Gasteiger partial charge >= 0.3 is 0 Å². The van der Waals surface area contributed by atoms with Crippen molar-refractivity contribution in [3.63, 3.8) is 0 Å². The molecule has 2 aromatic carbocycles. The molecule has 0 unspecified atom stereocenters. The molecular formula is C29H38ClFN4. The van der Waals surface area contributed by atoms with E-state index in [2.05, 4.69) is 22.3 Å². The molecule has 0 radical (unpaired) electrons. The predicted octanol–water partition coefficient (Wildman–Crippen LogP) is 6.84. The van der Waals surface area contributed by atoms with Crippen LogP contribution in [0, 0.1) is 17.7 Å². The van der Waals surface area contributed by atoms with E-state index in [1.165, 1.54) is 50.7 Å². The fraction of sp³-hybridized carbons (Fsp3) is 0.517. The third-order valence-corrected chi connectivity index (χ3v) is 7.65. The normalized spacial score (nSPS) is 18.2. The van der Waals surface area contributed by atoms with Crippen molar-refractivity contribution in [1.29, 1.82) is 0 Å². The molecule has 0 saturated heterocycles. The van der Waals surface area contributed by atoms with Gasteiger partial charge in [-0.05, 0) is 80.4 Å². The van der Waals surface area contributed by atoms with Crippen molar-refractivity contribution in [2.45, 2.75) is 57.8 Å². The van der Waals surface area contributed by atoms with Crippen LogP contribution in [0.1, 0.15) is 56.3 Å². The Morgan fingerprint density at radius 1 is 0.971 bits per heavy atom. The van der Waals surface area contributed by atoms with Crippen molar-refractivity contribution < 1.29 is 4.39 Å². The summed E-state index contributed by atoms with van der Waals surface area (Å²) >= 11 is 6.13. The molecule has 1 aromatic heterocycles. The van der Waals surface area contributed by atoms with Gasteiger partial charge < -0.3 is 10.2 Å². The first-order chi connectivity index (χ1) is 17.0. The molecule has 1 fully saturated rings. The Balaban J connectivity index is 1.12. The second-order valence-corrected chi connectivity index (χ2v) is 10.6. The summed E-state index contributed by atoms with van der Waals surface area (Å²) in [7, 11) is 4.09. The van der Waals surface area contributed by atoms with E-state index in [4.69, 9.17) is 21.6 Å². The molecule has 0 bridgehead atoms. The lowest BCUT2D eigenvalue weighted by Crippen LogP contribution is -2.28. The largest absolute Gasteiger partial charge is 0.362 e. The van der Waals surface area contributed by atoms with Crippen molar-refractivity contribution in [2.24, 2.45) is 11.8 Å². The van der Waals surface area contributed by atoms with Gasteiger partial charge in [-0.25, -0.2) is 14.4 Å². The molecule has 1 N–H and O–H groups in total. The van der Waals surface area contributed by atoms with Crippen LogP contribution in [0.3, 0.4) is 0 Å². The second-order valence-electron chi connectivity index (χ2n) is 10.2. The third kappa shape index (κ3) is 7.37. The standard InChI is InChI=1S/C29H38ClFN4/c1-35(2)29-25-8-4-5-9-27(25)33-28(34-29)10-6-3-7-21-11-13-22(14-12-21)20-32-18-17-23-15-16-24(31)19-26(23)30/h4-5,8-9,15-16,19,21-22,32H,3,6-7,10-14,17-18,20H2,1-2H3. The fourth-order valence-corrected chi connectivity index (χ4v) is 5.52. The summed E-state index contributed by atoms with van der Waals surface area (Å²) in [6.45, 7) is 1.96. The average Bonchev–Trinajstić information content (AvgIpc) is 2.86. The van der Waals surface area contributed by atoms with E-state index in [0.717, 1.165) is 72.3 Å². The first kappa shape index (κ1) is 25.8. The zero-order valence-electron chi connectivity index (χ0n) is 21.1. The Morgan fingerprint density at radius 2 is 1.74 bits per heavy atom. The highest BCUT2D eigenvalue weighted by Gasteiger charge is 2.20. The molecule has 0 atom stereocenters. The number of aromatic nitrogens is 2. The number of fused-ring (bicyclic) bond motifs is 1. The van der Waals surface area contributed by atoms with Gasteiger partial charge in [-0.15, -0.1) is 0 Å². The van der Waals surface area contributed by atoms with Crippen molar-refractivity contribution >= 4 is 28.3 Å². The molecule has 1 heterocycles. The number of halogens is 2. The number of nitrogens with one attached hydrogen (secondary N) is 1. The summed E-state index contributed by atoms with van der Waals surface area (Å²) in [5.74, 6) is 3.33. The zero-order chi connectivity index (χ0) is 24.6. The second kappa shape index (κ2) is 12.6. The Bertz CT molecular complexity index is 1100. The van der Waals surface area contributed by atoms with Gasteiger partial charge in [0.05, 0.1) is 5.52 Å². The van der Waals surface area contributed by atoms with Crippen LogP contribution < -0.4 is 10.2 Å². The molecule has 188 valence electrons. The van der Waals surface area contributed by atoms with E-state index in [-0.39, 0.29) is 5.82 Å². The number of hydrogen-bond acceptors (Lipinski definition) is 4. The highest BCUT2D eigenvalue weighted by molar-refractivity contribution is 6.31.